The Morgan fingerprint density at radius 2 is 1.77 bits per heavy atom. The summed E-state index contributed by atoms with van der Waals surface area (Å²) in [6.45, 7) is 2.39. The molecular weight excluding hydrogens is 180 g/mol. The molecule has 0 aliphatic heterocycles. The highest BCUT2D eigenvalue weighted by Crippen LogP contribution is 1.88. The molecule has 0 unspecified atom stereocenters. The van der Waals surface area contributed by atoms with E-state index in [2.05, 4.69) is 20.5 Å². The van der Waals surface area contributed by atoms with Crippen molar-refractivity contribution in [1.29, 1.82) is 0 Å². The zero-order valence-corrected chi connectivity index (χ0v) is 7.36. The molecule has 0 aliphatic carbocycles. The second kappa shape index (κ2) is 6.31. The van der Waals surface area contributed by atoms with Gasteiger partial charge in [0.15, 0.2) is 0 Å². The van der Waals surface area contributed by atoms with E-state index in [0.717, 1.165) is 13.8 Å². The van der Waals surface area contributed by atoms with Gasteiger partial charge in [-0.25, -0.2) is 5.43 Å². The standard InChI is InChI=1S/C5H12N4O4/c1-4(10)12-9(8-3-7-6)13-5(2)11/h7-8H,3,6H2,1-2H3. The van der Waals surface area contributed by atoms with E-state index in [1.54, 1.807) is 0 Å². The van der Waals surface area contributed by atoms with Crippen LogP contribution in [0.2, 0.25) is 0 Å². The van der Waals surface area contributed by atoms with Crippen molar-refractivity contribution in [3.05, 3.63) is 0 Å². The molecule has 8 heteroatoms. The number of carbonyl (C=O) groups is 2. The Balaban J connectivity index is 3.87. The third kappa shape index (κ3) is 7.15. The largest absolute Gasteiger partial charge is 0.327 e. The fourth-order valence-corrected chi connectivity index (χ4v) is 0.427. The molecule has 0 radical (unpaired) electrons. The number of hydrogen-bond donors (Lipinski definition) is 3. The molecule has 0 saturated heterocycles. The molecule has 0 aromatic carbocycles. The topological polar surface area (TPSA) is 106 Å². The average molecular weight is 192 g/mol. The Kier molecular flexibility index (Phi) is 5.72. The molecule has 0 spiro atoms. The van der Waals surface area contributed by atoms with Crippen molar-refractivity contribution in [3.63, 3.8) is 0 Å². The number of nitrogens with two attached hydrogens (primary N) is 1. The summed E-state index contributed by atoms with van der Waals surface area (Å²) in [7, 11) is 0. The van der Waals surface area contributed by atoms with Crippen LogP contribution in [0.25, 0.3) is 0 Å². The fourth-order valence-electron chi connectivity index (χ4n) is 0.427. The lowest BCUT2D eigenvalue weighted by molar-refractivity contribution is -0.351. The molecule has 0 bridgehead atoms. The van der Waals surface area contributed by atoms with Gasteiger partial charge in [0.05, 0.1) is 6.67 Å². The zero-order valence-electron chi connectivity index (χ0n) is 7.36. The molecule has 0 rings (SSSR count). The Hall–Kier alpha value is -1.22. The van der Waals surface area contributed by atoms with E-state index in [9.17, 15) is 9.59 Å². The summed E-state index contributed by atoms with van der Waals surface area (Å²) in [6.07, 6.45) is 0. The van der Waals surface area contributed by atoms with Gasteiger partial charge in [0.25, 0.3) is 0 Å². The minimum atomic E-state index is -0.634. The quantitative estimate of drug-likeness (QED) is 0.265. The lowest BCUT2D eigenvalue weighted by atomic mass is 10.8. The minimum Gasteiger partial charge on any atom is -0.319 e. The summed E-state index contributed by atoms with van der Waals surface area (Å²) >= 11 is 0. The van der Waals surface area contributed by atoms with Crippen molar-refractivity contribution in [1.82, 2.24) is 16.2 Å². The van der Waals surface area contributed by atoms with E-state index in [-0.39, 0.29) is 6.67 Å². The summed E-state index contributed by atoms with van der Waals surface area (Å²) < 4.78 is 0. The van der Waals surface area contributed by atoms with E-state index < -0.39 is 11.9 Å². The minimum absolute atomic E-state index is 0.0700. The van der Waals surface area contributed by atoms with Gasteiger partial charge in [0, 0.05) is 13.8 Å². The van der Waals surface area contributed by atoms with E-state index >= 15 is 0 Å². The molecular formula is C5H12N4O4. The Bertz CT molecular complexity index is 169. The van der Waals surface area contributed by atoms with Crippen LogP contribution < -0.4 is 16.7 Å². The summed E-state index contributed by atoms with van der Waals surface area (Å²) in [4.78, 5) is 29.7. The van der Waals surface area contributed by atoms with Crippen molar-refractivity contribution < 1.29 is 19.3 Å². The monoisotopic (exact) mass is 192 g/mol. The smallest absolute Gasteiger partial charge is 0.319 e. The maximum atomic E-state index is 10.5. The SMILES string of the molecule is CC(=O)ON(NCNN)OC(C)=O. The van der Waals surface area contributed by atoms with Crippen LogP contribution in [0.3, 0.4) is 0 Å². The summed E-state index contributed by atoms with van der Waals surface area (Å²) in [6, 6.07) is 0. The normalized spacial score (nSPS) is 9.85. The van der Waals surface area contributed by atoms with Gasteiger partial charge in [0.1, 0.15) is 5.34 Å². The Morgan fingerprint density at radius 3 is 2.08 bits per heavy atom. The molecule has 0 fully saturated rings. The van der Waals surface area contributed by atoms with Gasteiger partial charge in [-0.15, -0.1) is 0 Å². The molecule has 13 heavy (non-hydrogen) atoms. The highest BCUT2D eigenvalue weighted by Gasteiger charge is 2.10. The fraction of sp³-hybridized carbons (Fsp3) is 0.600. The van der Waals surface area contributed by atoms with Gasteiger partial charge in [0.2, 0.25) is 0 Å². The first-order valence-electron chi connectivity index (χ1n) is 3.40. The van der Waals surface area contributed by atoms with Crippen LogP contribution in [0.15, 0.2) is 0 Å². The molecule has 0 saturated carbocycles. The van der Waals surface area contributed by atoms with Crippen LogP contribution in [-0.2, 0) is 19.3 Å². The molecule has 8 nitrogen and oxygen atoms in total. The Labute approximate surface area is 74.8 Å². The van der Waals surface area contributed by atoms with E-state index in [1.807, 2.05) is 0 Å². The van der Waals surface area contributed by atoms with Crippen LogP contribution in [0.1, 0.15) is 13.8 Å². The number of nitrogens with zero attached hydrogens (tertiary/aromatic N) is 1. The van der Waals surface area contributed by atoms with Crippen LogP contribution >= 0.6 is 0 Å². The molecule has 0 aromatic rings. The van der Waals surface area contributed by atoms with Gasteiger partial charge in [-0.05, 0) is 0 Å². The molecule has 0 aromatic heterocycles. The number of hydrogen-bond acceptors (Lipinski definition) is 8. The van der Waals surface area contributed by atoms with E-state index in [0.29, 0.717) is 5.34 Å². The number of nitrogens with one attached hydrogen (secondary N) is 2. The van der Waals surface area contributed by atoms with Crippen molar-refractivity contribution in [2.45, 2.75) is 13.8 Å². The van der Waals surface area contributed by atoms with Gasteiger partial charge >= 0.3 is 11.9 Å². The first-order valence-corrected chi connectivity index (χ1v) is 3.40. The van der Waals surface area contributed by atoms with Crippen molar-refractivity contribution in [3.8, 4) is 0 Å². The highest BCUT2D eigenvalue weighted by molar-refractivity contribution is 5.66. The van der Waals surface area contributed by atoms with Crippen LogP contribution in [-0.4, -0.2) is 23.9 Å². The van der Waals surface area contributed by atoms with Gasteiger partial charge in [-0.2, -0.15) is 5.43 Å². The molecule has 0 amide bonds. The second-order valence-electron chi connectivity index (χ2n) is 1.96. The molecule has 76 valence electrons. The van der Waals surface area contributed by atoms with Gasteiger partial charge in [-0.1, -0.05) is 0 Å². The lowest BCUT2D eigenvalue weighted by Crippen LogP contribution is -2.46. The van der Waals surface area contributed by atoms with Crippen molar-refractivity contribution in [2.24, 2.45) is 5.84 Å². The number of rotatable bonds is 5. The molecule has 0 atom stereocenters. The first-order chi connectivity index (χ1) is 6.06. The van der Waals surface area contributed by atoms with Gasteiger partial charge < -0.3 is 9.68 Å². The third-order valence-corrected chi connectivity index (χ3v) is 0.733. The number of carbonyl (C=O) groups excluding carboxylic acids is 2. The molecule has 0 aliphatic rings. The summed E-state index contributed by atoms with van der Waals surface area (Å²) in [5.74, 6) is 3.65. The first kappa shape index (κ1) is 11.8. The van der Waals surface area contributed by atoms with Gasteiger partial charge in [-0.3, -0.25) is 15.4 Å². The predicted molar refractivity (Wildman–Crippen MR) is 40.7 cm³/mol. The molecule has 0 heterocycles. The van der Waals surface area contributed by atoms with Crippen LogP contribution in [0.4, 0.5) is 0 Å². The Morgan fingerprint density at radius 1 is 1.31 bits per heavy atom. The zero-order chi connectivity index (χ0) is 10.3. The summed E-state index contributed by atoms with van der Waals surface area (Å²) in [5.41, 5.74) is 4.55. The van der Waals surface area contributed by atoms with Crippen LogP contribution in [0, 0.1) is 0 Å². The third-order valence-electron chi connectivity index (χ3n) is 0.733. The maximum absolute atomic E-state index is 10.5. The average Bonchev–Trinajstić information content (AvgIpc) is 1.98. The number of hydrazine groups is 2. The van der Waals surface area contributed by atoms with Crippen molar-refractivity contribution >= 4 is 11.9 Å². The van der Waals surface area contributed by atoms with E-state index in [1.165, 1.54) is 0 Å². The van der Waals surface area contributed by atoms with E-state index in [4.69, 9.17) is 5.84 Å². The highest BCUT2D eigenvalue weighted by atomic mass is 17.0. The predicted octanol–water partition coefficient (Wildman–Crippen LogP) is -1.83. The summed E-state index contributed by atoms with van der Waals surface area (Å²) in [5, 5.41) is 0.518. The van der Waals surface area contributed by atoms with Crippen molar-refractivity contribution in [2.75, 3.05) is 6.67 Å². The lowest BCUT2D eigenvalue weighted by Gasteiger charge is -2.17. The molecule has 4 N–H and O–H groups in total. The second-order valence-corrected chi connectivity index (χ2v) is 1.96. The maximum Gasteiger partial charge on any atom is 0.327 e. The van der Waals surface area contributed by atoms with Crippen LogP contribution in [0.5, 0.6) is 0 Å².